The first kappa shape index (κ1) is 21.7. The lowest BCUT2D eigenvalue weighted by atomic mass is 9.92. The van der Waals surface area contributed by atoms with E-state index < -0.39 is 47.9 Å². The van der Waals surface area contributed by atoms with E-state index in [1.165, 1.54) is 13.8 Å². The van der Waals surface area contributed by atoms with Crippen LogP contribution in [0.4, 0.5) is 32.0 Å². The van der Waals surface area contributed by atoms with Crippen LogP contribution >= 0.6 is 0 Å². The number of halogens is 6. The van der Waals surface area contributed by atoms with Gasteiger partial charge in [0.1, 0.15) is 6.54 Å². The lowest BCUT2D eigenvalue weighted by Crippen LogP contribution is -2.53. The van der Waals surface area contributed by atoms with Crippen LogP contribution in [0.5, 0.6) is 0 Å². The molecule has 0 spiro atoms. The zero-order chi connectivity index (χ0) is 20.5. The Labute approximate surface area is 143 Å². The molecule has 1 rings (SSSR count). The molecule has 0 heterocycles. The Balaban J connectivity index is 3.39. The summed E-state index contributed by atoms with van der Waals surface area (Å²) in [5.74, 6) is -2.79. The van der Waals surface area contributed by atoms with Gasteiger partial charge >= 0.3 is 18.3 Å². The zero-order valence-electron chi connectivity index (χ0n) is 13.5. The summed E-state index contributed by atoms with van der Waals surface area (Å²) in [5.41, 5.74) is -6.83. The summed E-state index contributed by atoms with van der Waals surface area (Å²) in [7, 11) is 0. The highest BCUT2D eigenvalue weighted by Gasteiger charge is 2.71. The predicted octanol–water partition coefficient (Wildman–Crippen LogP) is 3.07. The van der Waals surface area contributed by atoms with Crippen molar-refractivity contribution in [3.8, 4) is 0 Å². The Kier molecular flexibility index (Phi) is 5.97. The van der Waals surface area contributed by atoms with E-state index in [-0.39, 0.29) is 5.69 Å². The van der Waals surface area contributed by atoms with Gasteiger partial charge in [0, 0.05) is 17.2 Å². The van der Waals surface area contributed by atoms with E-state index in [0.717, 1.165) is 0 Å². The quantitative estimate of drug-likeness (QED) is 0.762. The van der Waals surface area contributed by atoms with Crippen LogP contribution in [-0.2, 0) is 15.2 Å². The Hall–Kier alpha value is -2.30. The molecule has 0 radical (unpaired) electrons. The molecule has 2 N–H and O–H groups in total. The number of nitrogens with zero attached hydrogens (tertiary/aromatic N) is 1. The molecule has 0 fully saturated rings. The number of carbonyl (C=O) groups is 2. The first-order valence-electron chi connectivity index (χ1n) is 7.12. The average Bonchev–Trinajstić information content (AvgIpc) is 2.48. The van der Waals surface area contributed by atoms with Gasteiger partial charge in [0.2, 0.25) is 5.91 Å². The van der Waals surface area contributed by atoms with Crippen LogP contribution in [0.1, 0.15) is 19.4 Å². The van der Waals surface area contributed by atoms with Crippen molar-refractivity contribution >= 4 is 17.6 Å². The van der Waals surface area contributed by atoms with Gasteiger partial charge in [-0.2, -0.15) is 26.3 Å². The minimum Gasteiger partial charge on any atom is -0.480 e. The molecule has 0 saturated heterocycles. The third kappa shape index (κ3) is 4.09. The number of alkyl halides is 6. The normalized spacial score (nSPS) is 13.0. The molecule has 0 aliphatic heterocycles. The molecule has 0 unspecified atom stereocenters. The van der Waals surface area contributed by atoms with E-state index in [1.807, 2.05) is 0 Å². The molecule has 146 valence electrons. The monoisotopic (exact) mass is 387 g/mol. The van der Waals surface area contributed by atoms with E-state index in [9.17, 15) is 41.0 Å². The minimum atomic E-state index is -6.04. The van der Waals surface area contributed by atoms with Gasteiger partial charge < -0.3 is 15.1 Å². The van der Waals surface area contributed by atoms with Crippen LogP contribution in [0.3, 0.4) is 0 Å². The van der Waals surface area contributed by atoms with Crippen molar-refractivity contribution in [3.63, 3.8) is 0 Å². The molecule has 0 aliphatic rings. The number of anilines is 1. The number of hydrogen-bond acceptors (Lipinski definition) is 3. The fourth-order valence-electron chi connectivity index (χ4n) is 2.11. The molecule has 0 aromatic heterocycles. The number of hydrogen-bond donors (Lipinski definition) is 2. The first-order valence-corrected chi connectivity index (χ1v) is 7.12. The zero-order valence-corrected chi connectivity index (χ0v) is 13.5. The first-order chi connectivity index (χ1) is 11.6. The average molecular weight is 387 g/mol. The van der Waals surface area contributed by atoms with Crippen molar-refractivity contribution in [2.45, 2.75) is 31.8 Å². The Morgan fingerprint density at radius 2 is 1.42 bits per heavy atom. The van der Waals surface area contributed by atoms with Gasteiger partial charge in [-0.3, -0.25) is 9.59 Å². The molecular weight excluding hydrogens is 372 g/mol. The van der Waals surface area contributed by atoms with Gasteiger partial charge in [-0.15, -0.1) is 0 Å². The van der Waals surface area contributed by atoms with E-state index >= 15 is 0 Å². The molecule has 5 nitrogen and oxygen atoms in total. The molecule has 0 aliphatic carbocycles. The van der Waals surface area contributed by atoms with Crippen LogP contribution in [0.25, 0.3) is 0 Å². The summed E-state index contributed by atoms with van der Waals surface area (Å²) in [6, 6.07) is 2.11. The summed E-state index contributed by atoms with van der Waals surface area (Å²) in [6.45, 7) is 2.05. The van der Waals surface area contributed by atoms with Gasteiger partial charge in [0.05, 0.1) is 0 Å². The molecule has 26 heavy (non-hydrogen) atoms. The summed E-state index contributed by atoms with van der Waals surface area (Å²) < 4.78 is 77.0. The Morgan fingerprint density at radius 3 is 1.73 bits per heavy atom. The summed E-state index contributed by atoms with van der Waals surface area (Å²) in [6.07, 6.45) is -12.1. The van der Waals surface area contributed by atoms with E-state index in [0.29, 0.717) is 29.2 Å². The maximum absolute atomic E-state index is 12.8. The van der Waals surface area contributed by atoms with Crippen LogP contribution in [-0.4, -0.2) is 41.0 Å². The number of aliphatic hydroxyl groups is 1. The maximum atomic E-state index is 12.8. The molecule has 0 saturated carbocycles. The fourth-order valence-corrected chi connectivity index (χ4v) is 2.11. The van der Waals surface area contributed by atoms with Crippen LogP contribution in [0, 0.1) is 5.92 Å². The number of benzene rings is 1. The molecule has 1 aromatic carbocycles. The van der Waals surface area contributed by atoms with E-state index in [1.54, 1.807) is 0 Å². The molecular formula is C15H15F6NO4. The van der Waals surface area contributed by atoms with Crippen LogP contribution in [0.15, 0.2) is 24.3 Å². The lowest BCUT2D eigenvalue weighted by molar-refractivity contribution is -0.376. The number of carbonyl (C=O) groups excluding carboxylic acids is 1. The van der Waals surface area contributed by atoms with Crippen LogP contribution in [0.2, 0.25) is 0 Å². The molecule has 11 heteroatoms. The van der Waals surface area contributed by atoms with Crippen molar-refractivity contribution < 1.29 is 46.1 Å². The second kappa shape index (κ2) is 7.14. The standard InChI is InChI=1S/C15H15F6NO4/c1-8(2)12(25)22(7-11(23)24)10-5-3-9(4-6-10)13(26,14(16,17)18)15(19,20)21/h3-6,8,26H,7H2,1-2H3,(H,23,24). The van der Waals surface area contributed by atoms with E-state index in [4.69, 9.17) is 5.11 Å². The highest BCUT2D eigenvalue weighted by Crippen LogP contribution is 2.50. The van der Waals surface area contributed by atoms with E-state index in [2.05, 4.69) is 0 Å². The fraction of sp³-hybridized carbons (Fsp3) is 0.467. The highest BCUT2D eigenvalue weighted by molar-refractivity contribution is 5.98. The summed E-state index contributed by atoms with van der Waals surface area (Å²) in [5, 5.41) is 18.1. The van der Waals surface area contributed by atoms with Crippen LogP contribution < -0.4 is 4.90 Å². The molecule has 1 amide bonds. The third-order valence-corrected chi connectivity index (χ3v) is 3.47. The number of carboxylic acid groups (broad SMARTS) is 1. The Bertz CT molecular complexity index is 652. The van der Waals surface area contributed by atoms with Gasteiger partial charge in [0.15, 0.2) is 0 Å². The number of rotatable bonds is 5. The number of amides is 1. The number of aliphatic carboxylic acids is 1. The van der Waals surface area contributed by atoms with Crippen molar-refractivity contribution in [1.82, 2.24) is 0 Å². The summed E-state index contributed by atoms with van der Waals surface area (Å²) >= 11 is 0. The third-order valence-electron chi connectivity index (χ3n) is 3.47. The molecule has 0 bridgehead atoms. The van der Waals surface area contributed by atoms with Gasteiger partial charge in [0.25, 0.3) is 5.60 Å². The predicted molar refractivity (Wildman–Crippen MR) is 77.3 cm³/mol. The Morgan fingerprint density at radius 1 is 1.00 bits per heavy atom. The van der Waals surface area contributed by atoms with Crippen molar-refractivity contribution in [3.05, 3.63) is 29.8 Å². The van der Waals surface area contributed by atoms with Gasteiger partial charge in [-0.1, -0.05) is 26.0 Å². The highest BCUT2D eigenvalue weighted by atomic mass is 19.4. The van der Waals surface area contributed by atoms with Crippen molar-refractivity contribution in [2.75, 3.05) is 11.4 Å². The van der Waals surface area contributed by atoms with Crippen molar-refractivity contribution in [2.24, 2.45) is 5.92 Å². The topological polar surface area (TPSA) is 77.8 Å². The SMILES string of the molecule is CC(C)C(=O)N(CC(=O)O)c1ccc(C(O)(C(F)(F)F)C(F)(F)F)cc1. The maximum Gasteiger partial charge on any atom is 0.430 e. The summed E-state index contributed by atoms with van der Waals surface area (Å²) in [4.78, 5) is 23.6. The lowest BCUT2D eigenvalue weighted by Gasteiger charge is -2.33. The molecule has 1 aromatic rings. The molecule has 0 atom stereocenters. The largest absolute Gasteiger partial charge is 0.480 e. The van der Waals surface area contributed by atoms with Gasteiger partial charge in [-0.25, -0.2) is 0 Å². The number of carboxylic acids is 1. The van der Waals surface area contributed by atoms with Gasteiger partial charge in [-0.05, 0) is 12.1 Å². The second-order valence-corrected chi connectivity index (χ2v) is 5.73. The second-order valence-electron chi connectivity index (χ2n) is 5.73. The smallest absolute Gasteiger partial charge is 0.430 e. The van der Waals surface area contributed by atoms with Crippen molar-refractivity contribution in [1.29, 1.82) is 0 Å². The minimum absolute atomic E-state index is 0.221.